The number of benzene rings is 1. The molecule has 1 aliphatic heterocycles. The highest BCUT2D eigenvalue weighted by atomic mass is 16.3. The second kappa shape index (κ2) is 5.84. The van der Waals surface area contributed by atoms with Gasteiger partial charge in [-0.15, -0.1) is 0 Å². The molecule has 0 spiro atoms. The van der Waals surface area contributed by atoms with Gasteiger partial charge in [0.1, 0.15) is 0 Å². The smallest absolute Gasteiger partial charge is 0.0947 e. The molecular weight excluding hydrogens is 248 g/mol. The molecule has 1 saturated heterocycles. The Bertz CT molecular complexity index is 452. The minimum Gasteiger partial charge on any atom is -0.387 e. The fraction of sp³-hybridized carbons (Fsp3) is 0.647. The molecular formula is C17H26N2O. The summed E-state index contributed by atoms with van der Waals surface area (Å²) in [6, 6.07) is 9.40. The number of piperidine rings is 1. The molecule has 1 aliphatic carbocycles. The normalized spacial score (nSPS) is 28.6. The van der Waals surface area contributed by atoms with Crippen molar-refractivity contribution < 1.29 is 5.11 Å². The minimum absolute atomic E-state index is 0.309. The van der Waals surface area contributed by atoms with Crippen LogP contribution in [-0.2, 0) is 6.42 Å². The summed E-state index contributed by atoms with van der Waals surface area (Å²) in [5, 5.41) is 10.7. The van der Waals surface area contributed by atoms with Crippen LogP contribution in [0.1, 0.15) is 36.5 Å². The third-order valence-electron chi connectivity index (χ3n) is 5.15. The largest absolute Gasteiger partial charge is 0.387 e. The minimum atomic E-state index is -0.309. The highest BCUT2D eigenvalue weighted by Crippen LogP contribution is 2.34. The van der Waals surface area contributed by atoms with Crippen LogP contribution in [0.15, 0.2) is 24.3 Å². The molecule has 0 amide bonds. The molecule has 3 rings (SSSR count). The number of nitrogens with zero attached hydrogens (tertiary/aromatic N) is 2. The van der Waals surface area contributed by atoms with Gasteiger partial charge in [0.25, 0.3) is 0 Å². The molecule has 0 bridgehead atoms. The Labute approximate surface area is 122 Å². The lowest BCUT2D eigenvalue weighted by Gasteiger charge is -2.43. The van der Waals surface area contributed by atoms with Gasteiger partial charge in [0.15, 0.2) is 0 Å². The molecule has 3 heteroatoms. The van der Waals surface area contributed by atoms with Crippen LogP contribution in [0.5, 0.6) is 0 Å². The van der Waals surface area contributed by atoms with Crippen molar-refractivity contribution in [2.45, 2.75) is 43.9 Å². The van der Waals surface area contributed by atoms with Gasteiger partial charge in [-0.1, -0.05) is 24.3 Å². The molecule has 1 fully saturated rings. The van der Waals surface area contributed by atoms with Crippen molar-refractivity contribution in [3.05, 3.63) is 35.4 Å². The van der Waals surface area contributed by atoms with E-state index in [-0.39, 0.29) is 6.10 Å². The van der Waals surface area contributed by atoms with E-state index in [4.69, 9.17) is 0 Å². The number of aliphatic hydroxyl groups is 1. The van der Waals surface area contributed by atoms with Gasteiger partial charge in [-0.05, 0) is 50.9 Å². The summed E-state index contributed by atoms with van der Waals surface area (Å²) in [6.45, 7) is 2.24. The van der Waals surface area contributed by atoms with Gasteiger partial charge in [-0.25, -0.2) is 0 Å². The number of aryl methyl sites for hydroxylation is 1. The van der Waals surface area contributed by atoms with Gasteiger partial charge in [0.2, 0.25) is 0 Å². The molecule has 1 aromatic carbocycles. The SMILES string of the molecule is CN(C)C1CCN(C2CCc3ccccc3C2O)CC1. The van der Waals surface area contributed by atoms with Crippen molar-refractivity contribution in [3.8, 4) is 0 Å². The number of rotatable bonds is 2. The molecule has 2 unspecified atom stereocenters. The summed E-state index contributed by atoms with van der Waals surface area (Å²) >= 11 is 0. The lowest BCUT2D eigenvalue weighted by Crippen LogP contribution is -2.49. The average Bonchev–Trinajstić information content (AvgIpc) is 2.48. The van der Waals surface area contributed by atoms with Gasteiger partial charge in [0, 0.05) is 25.2 Å². The summed E-state index contributed by atoms with van der Waals surface area (Å²) in [4.78, 5) is 4.85. The Morgan fingerprint density at radius 1 is 1.10 bits per heavy atom. The first-order valence-corrected chi connectivity index (χ1v) is 7.83. The van der Waals surface area contributed by atoms with Crippen LogP contribution in [0.2, 0.25) is 0 Å². The number of aliphatic hydroxyl groups excluding tert-OH is 1. The summed E-state index contributed by atoms with van der Waals surface area (Å²) in [7, 11) is 4.35. The predicted octanol–water partition coefficient (Wildman–Crippen LogP) is 2.06. The van der Waals surface area contributed by atoms with Crippen LogP contribution in [0.3, 0.4) is 0 Å². The molecule has 1 heterocycles. The van der Waals surface area contributed by atoms with Crippen molar-refractivity contribution in [3.63, 3.8) is 0 Å². The van der Waals surface area contributed by atoms with Crippen molar-refractivity contribution in [1.82, 2.24) is 9.80 Å². The maximum absolute atomic E-state index is 10.7. The standard InChI is InChI=1S/C17H26N2O/c1-18(2)14-9-11-19(12-10-14)16-8-7-13-5-3-4-6-15(13)17(16)20/h3-6,14,16-17,20H,7-12H2,1-2H3. The summed E-state index contributed by atoms with van der Waals surface area (Å²) in [6.07, 6.45) is 4.32. The monoisotopic (exact) mass is 274 g/mol. The first-order valence-electron chi connectivity index (χ1n) is 7.83. The quantitative estimate of drug-likeness (QED) is 0.894. The Kier molecular flexibility index (Phi) is 4.11. The Balaban J connectivity index is 1.68. The number of fused-ring (bicyclic) bond motifs is 1. The number of hydrogen-bond acceptors (Lipinski definition) is 3. The van der Waals surface area contributed by atoms with Gasteiger partial charge in [-0.3, -0.25) is 4.90 Å². The number of hydrogen-bond donors (Lipinski definition) is 1. The molecule has 1 aromatic rings. The zero-order chi connectivity index (χ0) is 14.1. The molecule has 0 saturated carbocycles. The van der Waals surface area contributed by atoms with Crippen LogP contribution in [-0.4, -0.2) is 54.2 Å². The summed E-state index contributed by atoms with van der Waals surface area (Å²) < 4.78 is 0. The van der Waals surface area contributed by atoms with E-state index < -0.39 is 0 Å². The lowest BCUT2D eigenvalue weighted by molar-refractivity contribution is 0.0134. The molecule has 20 heavy (non-hydrogen) atoms. The van der Waals surface area contributed by atoms with E-state index in [0.717, 1.165) is 31.5 Å². The van der Waals surface area contributed by atoms with E-state index in [0.29, 0.717) is 12.1 Å². The van der Waals surface area contributed by atoms with E-state index in [1.165, 1.54) is 18.4 Å². The van der Waals surface area contributed by atoms with Crippen molar-refractivity contribution >= 4 is 0 Å². The highest BCUT2D eigenvalue weighted by molar-refractivity contribution is 5.32. The van der Waals surface area contributed by atoms with E-state index in [2.05, 4.69) is 42.1 Å². The maximum atomic E-state index is 10.7. The second-order valence-corrected chi connectivity index (χ2v) is 6.48. The number of likely N-dealkylation sites (tertiary alicyclic amines) is 1. The Morgan fingerprint density at radius 2 is 1.80 bits per heavy atom. The average molecular weight is 274 g/mol. The van der Waals surface area contributed by atoms with Crippen LogP contribution in [0, 0.1) is 0 Å². The van der Waals surface area contributed by atoms with E-state index >= 15 is 0 Å². The molecule has 2 atom stereocenters. The van der Waals surface area contributed by atoms with Crippen LogP contribution in [0.25, 0.3) is 0 Å². The van der Waals surface area contributed by atoms with E-state index in [1.54, 1.807) is 0 Å². The Morgan fingerprint density at radius 3 is 2.50 bits per heavy atom. The van der Waals surface area contributed by atoms with Crippen molar-refractivity contribution in [1.29, 1.82) is 0 Å². The third kappa shape index (κ3) is 2.62. The van der Waals surface area contributed by atoms with Gasteiger partial charge >= 0.3 is 0 Å². The first-order chi connectivity index (χ1) is 9.66. The molecule has 0 radical (unpaired) electrons. The highest BCUT2D eigenvalue weighted by Gasteiger charge is 2.34. The van der Waals surface area contributed by atoms with Gasteiger partial charge in [0.05, 0.1) is 6.10 Å². The third-order valence-corrected chi connectivity index (χ3v) is 5.15. The zero-order valence-corrected chi connectivity index (χ0v) is 12.6. The molecule has 3 nitrogen and oxygen atoms in total. The van der Waals surface area contributed by atoms with Crippen LogP contribution in [0.4, 0.5) is 0 Å². The van der Waals surface area contributed by atoms with Crippen molar-refractivity contribution in [2.24, 2.45) is 0 Å². The molecule has 0 aromatic heterocycles. The fourth-order valence-corrected chi connectivity index (χ4v) is 3.84. The van der Waals surface area contributed by atoms with E-state index in [1.807, 2.05) is 6.07 Å². The first kappa shape index (κ1) is 14.1. The van der Waals surface area contributed by atoms with Crippen LogP contribution >= 0.6 is 0 Å². The van der Waals surface area contributed by atoms with Crippen molar-refractivity contribution in [2.75, 3.05) is 27.2 Å². The molecule has 2 aliphatic rings. The maximum Gasteiger partial charge on any atom is 0.0947 e. The topological polar surface area (TPSA) is 26.7 Å². The second-order valence-electron chi connectivity index (χ2n) is 6.48. The van der Waals surface area contributed by atoms with Crippen LogP contribution < -0.4 is 0 Å². The predicted molar refractivity (Wildman–Crippen MR) is 81.8 cm³/mol. The summed E-state index contributed by atoms with van der Waals surface area (Å²) in [5.41, 5.74) is 2.48. The summed E-state index contributed by atoms with van der Waals surface area (Å²) in [5.74, 6) is 0. The van der Waals surface area contributed by atoms with E-state index in [9.17, 15) is 5.11 Å². The fourth-order valence-electron chi connectivity index (χ4n) is 3.84. The lowest BCUT2D eigenvalue weighted by atomic mass is 9.84. The van der Waals surface area contributed by atoms with Gasteiger partial charge in [-0.2, -0.15) is 0 Å². The van der Waals surface area contributed by atoms with Gasteiger partial charge < -0.3 is 10.0 Å². The Hall–Kier alpha value is -0.900. The molecule has 1 N–H and O–H groups in total. The molecule has 110 valence electrons. The zero-order valence-electron chi connectivity index (χ0n) is 12.6.